The molecule has 0 bridgehead atoms. The predicted octanol–water partition coefficient (Wildman–Crippen LogP) is 2.42. The quantitative estimate of drug-likeness (QED) is 0.790. The Morgan fingerprint density at radius 1 is 1.12 bits per heavy atom. The van der Waals surface area contributed by atoms with E-state index in [1.54, 1.807) is 0 Å². The largest absolute Gasteiger partial charge is 0.485 e. The summed E-state index contributed by atoms with van der Waals surface area (Å²) in [5, 5.41) is 3.37. The van der Waals surface area contributed by atoms with E-state index in [4.69, 9.17) is 9.47 Å². The van der Waals surface area contributed by atoms with Crippen LogP contribution in [0.1, 0.15) is 12.8 Å². The Hall–Kier alpha value is -0.640. The van der Waals surface area contributed by atoms with Crippen molar-refractivity contribution in [3.63, 3.8) is 0 Å². The van der Waals surface area contributed by atoms with Crippen molar-refractivity contribution in [3.8, 4) is 11.5 Å². The van der Waals surface area contributed by atoms with Gasteiger partial charge in [0, 0.05) is 6.54 Å². The zero-order valence-electron chi connectivity index (χ0n) is 9.48. The molecule has 1 aromatic rings. The highest BCUT2D eigenvalue weighted by atomic mass is 35.5. The third-order valence-electron chi connectivity index (χ3n) is 3.10. The van der Waals surface area contributed by atoms with E-state index >= 15 is 0 Å². The van der Waals surface area contributed by atoms with Gasteiger partial charge in [-0.05, 0) is 31.5 Å². The molecule has 5 heteroatoms. The van der Waals surface area contributed by atoms with Crippen molar-refractivity contribution >= 4 is 24.8 Å². The van der Waals surface area contributed by atoms with Crippen molar-refractivity contribution in [1.82, 2.24) is 5.32 Å². The van der Waals surface area contributed by atoms with Crippen LogP contribution in [-0.4, -0.2) is 25.3 Å². The first-order valence-electron chi connectivity index (χ1n) is 5.50. The van der Waals surface area contributed by atoms with Crippen molar-refractivity contribution in [2.75, 3.05) is 19.7 Å². The maximum absolute atomic E-state index is 6.07. The van der Waals surface area contributed by atoms with Crippen LogP contribution in [0.15, 0.2) is 24.3 Å². The Kier molecular flexibility index (Phi) is 4.92. The fourth-order valence-electron chi connectivity index (χ4n) is 2.28. The second-order valence-corrected chi connectivity index (χ2v) is 4.30. The zero-order valence-corrected chi connectivity index (χ0v) is 11.1. The number of rotatable bonds is 0. The first-order valence-corrected chi connectivity index (χ1v) is 5.50. The molecular weight excluding hydrogens is 261 g/mol. The smallest absolute Gasteiger partial charge is 0.162 e. The Labute approximate surface area is 114 Å². The highest BCUT2D eigenvalue weighted by Gasteiger charge is 2.38. The fraction of sp³-hybridized carbons (Fsp3) is 0.500. The molecule has 3 rings (SSSR count). The third kappa shape index (κ3) is 2.79. The van der Waals surface area contributed by atoms with Gasteiger partial charge in [-0.25, -0.2) is 0 Å². The van der Waals surface area contributed by atoms with E-state index < -0.39 is 0 Å². The average Bonchev–Trinajstić information content (AvgIpc) is 2.30. The lowest BCUT2D eigenvalue weighted by atomic mass is 9.94. The molecule has 1 atom stereocenters. The molecule has 2 aliphatic heterocycles. The van der Waals surface area contributed by atoms with Gasteiger partial charge < -0.3 is 14.8 Å². The SMILES string of the molecule is Cl.Cl.c1ccc2c(c1)OCC1(CCCNC1)O2. The highest BCUT2D eigenvalue weighted by molar-refractivity contribution is 5.85. The number of para-hydroxylation sites is 2. The Bertz CT molecular complexity index is 367. The van der Waals surface area contributed by atoms with Gasteiger partial charge in [-0.2, -0.15) is 0 Å². The van der Waals surface area contributed by atoms with Crippen LogP contribution in [0.2, 0.25) is 0 Å². The molecule has 1 saturated heterocycles. The molecule has 96 valence electrons. The third-order valence-corrected chi connectivity index (χ3v) is 3.10. The van der Waals surface area contributed by atoms with Crippen LogP contribution in [0.3, 0.4) is 0 Å². The molecule has 1 aromatic carbocycles. The summed E-state index contributed by atoms with van der Waals surface area (Å²) in [5.41, 5.74) is -0.132. The molecular formula is C12H17Cl2NO2. The first-order chi connectivity index (χ1) is 7.38. The van der Waals surface area contributed by atoms with Crippen LogP contribution < -0.4 is 14.8 Å². The number of hydrogen-bond donors (Lipinski definition) is 1. The van der Waals surface area contributed by atoms with Gasteiger partial charge in [-0.1, -0.05) is 12.1 Å². The minimum absolute atomic E-state index is 0. The zero-order chi connectivity index (χ0) is 10.1. The summed E-state index contributed by atoms with van der Waals surface area (Å²) in [4.78, 5) is 0. The first kappa shape index (κ1) is 14.4. The summed E-state index contributed by atoms with van der Waals surface area (Å²) in [6.45, 7) is 2.64. The van der Waals surface area contributed by atoms with Crippen LogP contribution in [0.25, 0.3) is 0 Å². The molecule has 0 aromatic heterocycles. The number of nitrogens with one attached hydrogen (secondary N) is 1. The minimum atomic E-state index is -0.132. The normalized spacial score (nSPS) is 25.6. The van der Waals surface area contributed by atoms with Gasteiger partial charge in [0.15, 0.2) is 17.1 Å². The maximum atomic E-state index is 6.07. The van der Waals surface area contributed by atoms with Crippen LogP contribution in [0, 0.1) is 0 Å². The van der Waals surface area contributed by atoms with Gasteiger partial charge in [-0.15, -0.1) is 24.8 Å². The maximum Gasteiger partial charge on any atom is 0.162 e. The summed E-state index contributed by atoms with van der Waals surface area (Å²) in [5.74, 6) is 1.75. The Morgan fingerprint density at radius 3 is 2.59 bits per heavy atom. The van der Waals surface area contributed by atoms with E-state index in [9.17, 15) is 0 Å². The fourth-order valence-corrected chi connectivity index (χ4v) is 2.28. The van der Waals surface area contributed by atoms with Crippen LogP contribution in [0.5, 0.6) is 11.5 Å². The molecule has 0 aliphatic carbocycles. The molecule has 1 unspecified atom stereocenters. The number of halogens is 2. The van der Waals surface area contributed by atoms with E-state index in [-0.39, 0.29) is 30.4 Å². The molecule has 17 heavy (non-hydrogen) atoms. The number of piperidine rings is 1. The van der Waals surface area contributed by atoms with Crippen molar-refractivity contribution < 1.29 is 9.47 Å². The molecule has 2 heterocycles. The topological polar surface area (TPSA) is 30.5 Å². The molecule has 1 fully saturated rings. The molecule has 0 amide bonds. The van der Waals surface area contributed by atoms with Gasteiger partial charge in [0.25, 0.3) is 0 Å². The lowest BCUT2D eigenvalue weighted by Crippen LogP contribution is -2.55. The van der Waals surface area contributed by atoms with Crippen LogP contribution in [0.4, 0.5) is 0 Å². The number of hydrogen-bond acceptors (Lipinski definition) is 3. The van der Waals surface area contributed by atoms with Gasteiger partial charge >= 0.3 is 0 Å². The van der Waals surface area contributed by atoms with Gasteiger partial charge in [0.05, 0.1) is 0 Å². The van der Waals surface area contributed by atoms with Crippen molar-refractivity contribution in [2.45, 2.75) is 18.4 Å². The number of fused-ring (bicyclic) bond motifs is 1. The van der Waals surface area contributed by atoms with E-state index in [1.807, 2.05) is 24.3 Å². The minimum Gasteiger partial charge on any atom is -0.485 e. The standard InChI is InChI=1S/C12H15NO2.2ClH/c1-2-5-11-10(4-1)14-9-12(15-11)6-3-7-13-8-12;;/h1-2,4-5,13H,3,6-9H2;2*1H. The summed E-state index contributed by atoms with van der Waals surface area (Å²) in [6, 6.07) is 7.89. The predicted molar refractivity (Wildman–Crippen MR) is 71.9 cm³/mol. The van der Waals surface area contributed by atoms with Gasteiger partial charge in [0.2, 0.25) is 0 Å². The Balaban J connectivity index is 0.000000722. The van der Waals surface area contributed by atoms with E-state index in [2.05, 4.69) is 5.32 Å². The summed E-state index contributed by atoms with van der Waals surface area (Å²) < 4.78 is 11.8. The molecule has 0 radical (unpaired) electrons. The van der Waals surface area contributed by atoms with Crippen LogP contribution in [-0.2, 0) is 0 Å². The van der Waals surface area contributed by atoms with Crippen molar-refractivity contribution in [3.05, 3.63) is 24.3 Å². The molecule has 1 spiro atoms. The van der Waals surface area contributed by atoms with E-state index in [1.165, 1.54) is 0 Å². The molecule has 0 saturated carbocycles. The summed E-state index contributed by atoms with van der Waals surface area (Å²) in [6.07, 6.45) is 2.24. The van der Waals surface area contributed by atoms with Crippen molar-refractivity contribution in [1.29, 1.82) is 0 Å². The number of benzene rings is 1. The molecule has 3 nitrogen and oxygen atoms in total. The average molecular weight is 278 g/mol. The monoisotopic (exact) mass is 277 g/mol. The van der Waals surface area contributed by atoms with Crippen LogP contribution >= 0.6 is 24.8 Å². The molecule has 2 aliphatic rings. The van der Waals surface area contributed by atoms with E-state index in [0.717, 1.165) is 37.4 Å². The lowest BCUT2D eigenvalue weighted by molar-refractivity contribution is -0.0250. The second kappa shape index (κ2) is 5.80. The van der Waals surface area contributed by atoms with Crippen molar-refractivity contribution in [2.24, 2.45) is 0 Å². The van der Waals surface area contributed by atoms with Gasteiger partial charge in [-0.3, -0.25) is 0 Å². The second-order valence-electron chi connectivity index (χ2n) is 4.30. The molecule has 1 N–H and O–H groups in total. The lowest BCUT2D eigenvalue weighted by Gasteiger charge is -2.41. The van der Waals surface area contributed by atoms with E-state index in [0.29, 0.717) is 6.61 Å². The van der Waals surface area contributed by atoms with Gasteiger partial charge in [0.1, 0.15) is 6.61 Å². The summed E-state index contributed by atoms with van der Waals surface area (Å²) in [7, 11) is 0. The number of ether oxygens (including phenoxy) is 2. The summed E-state index contributed by atoms with van der Waals surface area (Å²) >= 11 is 0. The highest BCUT2D eigenvalue weighted by Crippen LogP contribution is 2.37. The Morgan fingerprint density at radius 2 is 1.88 bits per heavy atom.